The number of ether oxygens (including phenoxy) is 1. The third kappa shape index (κ3) is 4.53. The van der Waals surface area contributed by atoms with E-state index in [2.05, 4.69) is 59.5 Å². The van der Waals surface area contributed by atoms with Crippen molar-refractivity contribution < 1.29 is 14.0 Å². The van der Waals surface area contributed by atoms with E-state index >= 15 is 0 Å². The van der Waals surface area contributed by atoms with E-state index in [-0.39, 0.29) is 12.2 Å². The average molecular weight is 414 g/mol. The van der Waals surface area contributed by atoms with Crippen molar-refractivity contribution in [3.8, 4) is 5.75 Å². The monoisotopic (exact) mass is 414 g/mol. The van der Waals surface area contributed by atoms with Crippen LogP contribution >= 0.6 is 0 Å². The SMILES string of the molecule is NCC1OB2O[C@H](CN(Cc3ccccc3)Cc3ccccc3)COc3cccc1c32. The molecule has 2 heterocycles. The largest absolute Gasteiger partial charge is 0.498 e. The lowest BCUT2D eigenvalue weighted by atomic mass is 9.77. The van der Waals surface area contributed by atoms with E-state index in [1.165, 1.54) is 11.1 Å². The van der Waals surface area contributed by atoms with E-state index in [1.54, 1.807) is 0 Å². The van der Waals surface area contributed by atoms with Crippen LogP contribution < -0.4 is 15.9 Å². The maximum atomic E-state index is 6.43. The Labute approximate surface area is 183 Å². The van der Waals surface area contributed by atoms with Gasteiger partial charge < -0.3 is 19.8 Å². The van der Waals surface area contributed by atoms with Gasteiger partial charge in [0.25, 0.3) is 0 Å². The minimum atomic E-state index is -0.428. The van der Waals surface area contributed by atoms with Crippen molar-refractivity contribution in [2.45, 2.75) is 25.3 Å². The van der Waals surface area contributed by atoms with Crippen LogP contribution in [0.25, 0.3) is 0 Å². The highest BCUT2D eigenvalue weighted by Gasteiger charge is 2.43. The van der Waals surface area contributed by atoms with Crippen LogP contribution in [0.1, 0.15) is 22.8 Å². The fourth-order valence-corrected chi connectivity index (χ4v) is 4.44. The molecule has 0 saturated carbocycles. The maximum absolute atomic E-state index is 6.43. The molecule has 0 spiro atoms. The molecule has 2 N–H and O–H groups in total. The standard InChI is InChI=1S/C25H27BN2O3/c27-14-24-22-12-7-13-23-25(22)26(31-24)30-21(18-29-23)17-28(15-19-8-3-1-4-9-19)16-20-10-5-2-6-11-20/h1-13,21,24H,14-18,27H2/t21-,24?/m1/s1. The summed E-state index contributed by atoms with van der Waals surface area (Å²) in [6, 6.07) is 27.1. The Morgan fingerprint density at radius 3 is 2.16 bits per heavy atom. The summed E-state index contributed by atoms with van der Waals surface area (Å²) < 4.78 is 18.8. The zero-order valence-electron chi connectivity index (χ0n) is 17.5. The molecule has 5 nitrogen and oxygen atoms in total. The van der Waals surface area contributed by atoms with Gasteiger partial charge in [-0.1, -0.05) is 72.8 Å². The van der Waals surface area contributed by atoms with Crippen LogP contribution in [-0.4, -0.2) is 37.8 Å². The first kappa shape index (κ1) is 20.3. The van der Waals surface area contributed by atoms with Crippen molar-refractivity contribution in [1.82, 2.24) is 4.90 Å². The molecule has 3 aromatic rings. The lowest BCUT2D eigenvalue weighted by Crippen LogP contribution is -2.41. The Kier molecular flexibility index (Phi) is 6.05. The van der Waals surface area contributed by atoms with Crippen LogP contribution in [0.5, 0.6) is 5.75 Å². The van der Waals surface area contributed by atoms with Gasteiger partial charge in [0.15, 0.2) is 0 Å². The smallest absolute Gasteiger partial charge is 0.491 e. The molecule has 0 fully saturated rings. The number of rotatable bonds is 7. The second kappa shape index (κ2) is 9.24. The van der Waals surface area contributed by atoms with Gasteiger partial charge in [-0.15, -0.1) is 0 Å². The molecule has 2 aliphatic rings. The molecular weight excluding hydrogens is 387 g/mol. The van der Waals surface area contributed by atoms with Gasteiger partial charge in [-0.05, 0) is 22.8 Å². The highest BCUT2D eigenvalue weighted by Crippen LogP contribution is 2.30. The molecule has 2 aliphatic heterocycles. The molecule has 6 heteroatoms. The van der Waals surface area contributed by atoms with Gasteiger partial charge >= 0.3 is 7.12 Å². The predicted molar refractivity (Wildman–Crippen MR) is 122 cm³/mol. The molecule has 0 bridgehead atoms. The van der Waals surface area contributed by atoms with E-state index in [0.717, 1.165) is 36.4 Å². The number of hydrogen-bond acceptors (Lipinski definition) is 5. The lowest BCUT2D eigenvalue weighted by Gasteiger charge is -2.28. The van der Waals surface area contributed by atoms with Crippen molar-refractivity contribution in [2.24, 2.45) is 5.73 Å². The first-order chi connectivity index (χ1) is 15.3. The fraction of sp³-hybridized carbons (Fsp3) is 0.280. The second-order valence-electron chi connectivity index (χ2n) is 8.16. The van der Waals surface area contributed by atoms with Gasteiger partial charge in [-0.3, -0.25) is 4.90 Å². The summed E-state index contributed by atoms with van der Waals surface area (Å²) in [5.74, 6) is 0.846. The van der Waals surface area contributed by atoms with Crippen molar-refractivity contribution >= 4 is 12.6 Å². The first-order valence-corrected chi connectivity index (χ1v) is 10.9. The Hall–Kier alpha value is -2.64. The van der Waals surface area contributed by atoms with Gasteiger partial charge in [-0.25, -0.2) is 0 Å². The molecule has 0 aromatic heterocycles. The normalized spacial score (nSPS) is 19.7. The van der Waals surface area contributed by atoms with E-state index < -0.39 is 7.12 Å². The summed E-state index contributed by atoms with van der Waals surface area (Å²) in [6.45, 7) is 3.33. The number of nitrogens with two attached hydrogens (primary N) is 1. The second-order valence-corrected chi connectivity index (χ2v) is 8.16. The van der Waals surface area contributed by atoms with Crippen LogP contribution in [0.2, 0.25) is 0 Å². The third-order valence-electron chi connectivity index (χ3n) is 5.88. The Morgan fingerprint density at radius 1 is 0.839 bits per heavy atom. The van der Waals surface area contributed by atoms with Crippen molar-refractivity contribution in [2.75, 3.05) is 19.7 Å². The summed E-state index contributed by atoms with van der Waals surface area (Å²) in [4.78, 5) is 2.41. The molecule has 3 aromatic carbocycles. The van der Waals surface area contributed by atoms with Crippen molar-refractivity contribution in [3.63, 3.8) is 0 Å². The van der Waals surface area contributed by atoms with E-state index in [0.29, 0.717) is 13.2 Å². The van der Waals surface area contributed by atoms with E-state index in [1.807, 2.05) is 24.3 Å². The summed E-state index contributed by atoms with van der Waals surface area (Å²) in [6.07, 6.45) is -0.263. The summed E-state index contributed by atoms with van der Waals surface area (Å²) >= 11 is 0. The maximum Gasteiger partial charge on any atom is 0.498 e. The van der Waals surface area contributed by atoms with Gasteiger partial charge in [0, 0.05) is 31.6 Å². The highest BCUT2D eigenvalue weighted by atomic mass is 16.6. The van der Waals surface area contributed by atoms with Crippen LogP contribution in [0.15, 0.2) is 78.9 Å². The Morgan fingerprint density at radius 2 is 1.52 bits per heavy atom. The fourth-order valence-electron chi connectivity index (χ4n) is 4.44. The zero-order chi connectivity index (χ0) is 21.0. The molecule has 0 radical (unpaired) electrons. The summed E-state index contributed by atoms with van der Waals surface area (Å²) in [7, 11) is -0.428. The van der Waals surface area contributed by atoms with Gasteiger partial charge in [0.2, 0.25) is 0 Å². The van der Waals surface area contributed by atoms with Gasteiger partial charge in [-0.2, -0.15) is 0 Å². The number of hydrogen-bond donors (Lipinski definition) is 1. The van der Waals surface area contributed by atoms with Gasteiger partial charge in [0.05, 0.1) is 12.2 Å². The van der Waals surface area contributed by atoms with E-state index in [9.17, 15) is 0 Å². The van der Waals surface area contributed by atoms with E-state index in [4.69, 9.17) is 19.8 Å². The molecule has 2 atom stereocenters. The first-order valence-electron chi connectivity index (χ1n) is 10.9. The zero-order valence-corrected chi connectivity index (χ0v) is 17.5. The van der Waals surface area contributed by atoms with Gasteiger partial charge in [0.1, 0.15) is 12.4 Å². The van der Waals surface area contributed by atoms with Crippen LogP contribution in [-0.2, 0) is 22.4 Å². The molecular formula is C25H27BN2O3. The molecule has 0 aliphatic carbocycles. The molecule has 0 amide bonds. The Balaban J connectivity index is 1.35. The van der Waals surface area contributed by atoms with Crippen LogP contribution in [0.3, 0.4) is 0 Å². The molecule has 5 rings (SSSR count). The topological polar surface area (TPSA) is 57.0 Å². The summed E-state index contributed by atoms with van der Waals surface area (Å²) in [5, 5.41) is 0. The number of benzene rings is 3. The Bertz CT molecular complexity index is 961. The lowest BCUT2D eigenvalue weighted by molar-refractivity contribution is 0.0577. The molecule has 0 saturated heterocycles. The minimum Gasteiger partial charge on any atom is -0.491 e. The average Bonchev–Trinajstić information content (AvgIpc) is 3.07. The molecule has 158 valence electrons. The van der Waals surface area contributed by atoms with Crippen molar-refractivity contribution in [1.29, 1.82) is 0 Å². The van der Waals surface area contributed by atoms with Crippen LogP contribution in [0, 0.1) is 0 Å². The van der Waals surface area contributed by atoms with Crippen LogP contribution in [0.4, 0.5) is 0 Å². The molecule has 1 unspecified atom stereocenters. The predicted octanol–water partition coefficient (Wildman–Crippen LogP) is 2.89. The quantitative estimate of drug-likeness (QED) is 0.603. The molecule has 31 heavy (non-hydrogen) atoms. The third-order valence-corrected chi connectivity index (χ3v) is 5.88. The highest BCUT2D eigenvalue weighted by molar-refractivity contribution is 6.64. The van der Waals surface area contributed by atoms with Crippen molar-refractivity contribution in [3.05, 3.63) is 95.6 Å². The summed E-state index contributed by atoms with van der Waals surface area (Å²) in [5.41, 5.74) is 10.6. The number of nitrogens with zero attached hydrogens (tertiary/aromatic N) is 1. The minimum absolute atomic E-state index is 0.116.